The van der Waals surface area contributed by atoms with E-state index >= 15 is 0 Å². The van der Waals surface area contributed by atoms with Gasteiger partial charge in [-0.15, -0.1) is 0 Å². The van der Waals surface area contributed by atoms with E-state index in [1.54, 1.807) is 12.4 Å². The van der Waals surface area contributed by atoms with Gasteiger partial charge in [0.15, 0.2) is 0 Å². The summed E-state index contributed by atoms with van der Waals surface area (Å²) in [6.45, 7) is 0. The van der Waals surface area contributed by atoms with Crippen LogP contribution in [0.25, 0.3) is 0 Å². The molecule has 0 aliphatic rings. The van der Waals surface area contributed by atoms with Gasteiger partial charge in [-0.25, -0.2) is 0 Å². The fraction of sp³-hybridized carbons (Fsp3) is 0.500. The summed E-state index contributed by atoms with van der Waals surface area (Å²) in [5.74, 6) is 0.858. The SMILES string of the molecule is CN/C=C\N=CCCS. The number of nitrogens with zero attached hydrogens (tertiary/aromatic N) is 1. The van der Waals surface area contributed by atoms with E-state index in [0.29, 0.717) is 0 Å². The van der Waals surface area contributed by atoms with Crippen LogP contribution in [0.3, 0.4) is 0 Å². The van der Waals surface area contributed by atoms with Crippen molar-refractivity contribution in [1.82, 2.24) is 5.32 Å². The van der Waals surface area contributed by atoms with Crippen LogP contribution in [0.4, 0.5) is 0 Å². The lowest BCUT2D eigenvalue weighted by atomic mass is 10.5. The van der Waals surface area contributed by atoms with Crippen LogP contribution in [0.1, 0.15) is 6.42 Å². The van der Waals surface area contributed by atoms with Gasteiger partial charge in [0.1, 0.15) is 0 Å². The molecule has 0 atom stereocenters. The Morgan fingerprint density at radius 1 is 1.67 bits per heavy atom. The first kappa shape index (κ1) is 8.56. The zero-order valence-electron chi connectivity index (χ0n) is 5.54. The second-order valence-electron chi connectivity index (χ2n) is 1.45. The highest BCUT2D eigenvalue weighted by Gasteiger charge is 1.69. The van der Waals surface area contributed by atoms with Crippen LogP contribution < -0.4 is 5.32 Å². The Hall–Kier alpha value is -0.440. The van der Waals surface area contributed by atoms with Gasteiger partial charge in [0.25, 0.3) is 0 Å². The van der Waals surface area contributed by atoms with E-state index in [1.807, 2.05) is 13.3 Å². The summed E-state index contributed by atoms with van der Waals surface area (Å²) in [6, 6.07) is 0. The Bertz CT molecular complexity index is 99.2. The molecule has 0 bridgehead atoms. The van der Waals surface area contributed by atoms with Crippen LogP contribution in [0.5, 0.6) is 0 Å². The van der Waals surface area contributed by atoms with Crippen molar-refractivity contribution >= 4 is 18.8 Å². The average Bonchev–Trinajstić information content (AvgIpc) is 1.89. The topological polar surface area (TPSA) is 24.4 Å². The Morgan fingerprint density at radius 3 is 3.00 bits per heavy atom. The summed E-state index contributed by atoms with van der Waals surface area (Å²) < 4.78 is 0. The molecule has 0 spiro atoms. The highest BCUT2D eigenvalue weighted by Crippen LogP contribution is 1.78. The van der Waals surface area contributed by atoms with Crippen LogP contribution in [-0.4, -0.2) is 19.0 Å². The summed E-state index contributed by atoms with van der Waals surface area (Å²) in [5, 5.41) is 2.83. The third-order valence-electron chi connectivity index (χ3n) is 0.691. The molecule has 3 heteroatoms. The first-order valence-electron chi connectivity index (χ1n) is 2.86. The van der Waals surface area contributed by atoms with Gasteiger partial charge in [-0.1, -0.05) is 0 Å². The van der Waals surface area contributed by atoms with E-state index in [4.69, 9.17) is 0 Å². The number of aliphatic imine (C=N–C) groups is 1. The van der Waals surface area contributed by atoms with Gasteiger partial charge in [0, 0.05) is 25.7 Å². The van der Waals surface area contributed by atoms with Gasteiger partial charge in [0.2, 0.25) is 0 Å². The highest BCUT2D eigenvalue weighted by molar-refractivity contribution is 7.80. The zero-order chi connectivity index (χ0) is 6.95. The summed E-state index contributed by atoms with van der Waals surface area (Å²) >= 11 is 4.01. The third-order valence-corrected chi connectivity index (χ3v) is 0.949. The lowest BCUT2D eigenvalue weighted by molar-refractivity contribution is 1.09. The number of hydrogen-bond donors (Lipinski definition) is 2. The molecule has 2 nitrogen and oxygen atoms in total. The minimum atomic E-state index is 0.858. The van der Waals surface area contributed by atoms with Crippen molar-refractivity contribution in [3.63, 3.8) is 0 Å². The average molecular weight is 144 g/mol. The number of hydrogen-bond acceptors (Lipinski definition) is 3. The summed E-state index contributed by atoms with van der Waals surface area (Å²) in [5.41, 5.74) is 0. The van der Waals surface area contributed by atoms with Gasteiger partial charge < -0.3 is 5.32 Å². The van der Waals surface area contributed by atoms with E-state index in [0.717, 1.165) is 12.2 Å². The molecule has 0 amide bonds. The van der Waals surface area contributed by atoms with Crippen LogP contribution in [-0.2, 0) is 0 Å². The molecule has 0 aromatic carbocycles. The molecule has 1 N–H and O–H groups in total. The van der Waals surface area contributed by atoms with Crippen molar-refractivity contribution in [3.05, 3.63) is 12.4 Å². The maximum atomic E-state index is 4.01. The second-order valence-corrected chi connectivity index (χ2v) is 1.90. The molecule has 0 saturated heterocycles. The summed E-state index contributed by atoms with van der Waals surface area (Å²) in [4.78, 5) is 3.93. The molecule has 0 saturated carbocycles. The smallest absolute Gasteiger partial charge is 0.0420 e. The van der Waals surface area contributed by atoms with Crippen molar-refractivity contribution in [2.45, 2.75) is 6.42 Å². The fourth-order valence-electron chi connectivity index (χ4n) is 0.311. The predicted octanol–water partition coefficient (Wildman–Crippen LogP) is 1.07. The van der Waals surface area contributed by atoms with E-state index in [1.165, 1.54) is 0 Å². The third kappa shape index (κ3) is 7.56. The predicted molar refractivity (Wildman–Crippen MR) is 45.2 cm³/mol. The summed E-state index contributed by atoms with van der Waals surface area (Å²) in [6.07, 6.45) is 6.25. The fourth-order valence-corrected chi connectivity index (χ4v) is 0.426. The van der Waals surface area contributed by atoms with Crippen LogP contribution in [0.15, 0.2) is 17.4 Å². The van der Waals surface area contributed by atoms with Crippen LogP contribution in [0.2, 0.25) is 0 Å². The van der Waals surface area contributed by atoms with Gasteiger partial charge in [-0.3, -0.25) is 4.99 Å². The molecule has 0 rings (SSSR count). The molecule has 0 aromatic heterocycles. The zero-order valence-corrected chi connectivity index (χ0v) is 6.44. The second kappa shape index (κ2) is 7.56. The Morgan fingerprint density at radius 2 is 2.44 bits per heavy atom. The Labute approximate surface area is 61.5 Å². The van der Waals surface area contributed by atoms with Gasteiger partial charge in [-0.05, 0) is 12.2 Å². The first-order valence-corrected chi connectivity index (χ1v) is 3.50. The molecule has 52 valence electrons. The van der Waals surface area contributed by atoms with Crippen molar-refractivity contribution in [1.29, 1.82) is 0 Å². The van der Waals surface area contributed by atoms with E-state index in [-0.39, 0.29) is 0 Å². The van der Waals surface area contributed by atoms with E-state index in [9.17, 15) is 0 Å². The number of thiol groups is 1. The van der Waals surface area contributed by atoms with Crippen LogP contribution in [0, 0.1) is 0 Å². The largest absolute Gasteiger partial charge is 0.393 e. The van der Waals surface area contributed by atoms with Crippen molar-refractivity contribution < 1.29 is 0 Å². The number of nitrogens with one attached hydrogen (secondary N) is 1. The molecule has 0 fully saturated rings. The standard InChI is InChI=1S/C6H12N2S/c1-7-4-5-8-3-2-6-9/h3-5,7,9H,2,6H2,1H3/b5-4-,8-3?. The lowest BCUT2D eigenvalue weighted by Crippen LogP contribution is -1.89. The van der Waals surface area contributed by atoms with E-state index < -0.39 is 0 Å². The lowest BCUT2D eigenvalue weighted by Gasteiger charge is -1.81. The maximum absolute atomic E-state index is 4.01. The van der Waals surface area contributed by atoms with Crippen molar-refractivity contribution in [3.8, 4) is 0 Å². The molecular weight excluding hydrogens is 132 g/mol. The Balaban J connectivity index is 3.13. The van der Waals surface area contributed by atoms with Gasteiger partial charge in [-0.2, -0.15) is 12.6 Å². The molecule has 0 heterocycles. The minimum Gasteiger partial charge on any atom is -0.393 e. The molecule has 0 radical (unpaired) electrons. The van der Waals surface area contributed by atoms with E-state index in [2.05, 4.69) is 22.9 Å². The summed E-state index contributed by atoms with van der Waals surface area (Å²) in [7, 11) is 1.84. The van der Waals surface area contributed by atoms with Crippen molar-refractivity contribution in [2.24, 2.45) is 4.99 Å². The molecular formula is C6H12N2S. The van der Waals surface area contributed by atoms with Gasteiger partial charge in [0.05, 0.1) is 0 Å². The monoisotopic (exact) mass is 144 g/mol. The van der Waals surface area contributed by atoms with Crippen LogP contribution >= 0.6 is 12.6 Å². The first-order chi connectivity index (χ1) is 4.41. The quantitative estimate of drug-likeness (QED) is 0.447. The van der Waals surface area contributed by atoms with Crippen molar-refractivity contribution in [2.75, 3.05) is 12.8 Å². The highest BCUT2D eigenvalue weighted by atomic mass is 32.1. The van der Waals surface area contributed by atoms with Gasteiger partial charge >= 0.3 is 0 Å². The Kier molecular flexibility index (Phi) is 7.19. The maximum Gasteiger partial charge on any atom is 0.0420 e. The normalized spacial score (nSPS) is 11.3. The molecule has 0 aliphatic heterocycles. The number of rotatable bonds is 4. The molecule has 0 aliphatic carbocycles. The molecule has 0 unspecified atom stereocenters. The molecule has 0 aromatic rings. The minimum absolute atomic E-state index is 0.858. The molecule has 9 heavy (non-hydrogen) atoms.